The molecule has 18 heavy (non-hydrogen) atoms. The highest BCUT2D eigenvalue weighted by atomic mass is 79.9. The van der Waals surface area contributed by atoms with Gasteiger partial charge in [-0.1, -0.05) is 13.8 Å². The Kier molecular flexibility index (Phi) is 5.15. The highest BCUT2D eigenvalue weighted by Gasteiger charge is 2.23. The van der Waals surface area contributed by atoms with Crippen molar-refractivity contribution in [2.45, 2.75) is 26.3 Å². The quantitative estimate of drug-likeness (QED) is 0.927. The fourth-order valence-corrected chi connectivity index (χ4v) is 2.72. The summed E-state index contributed by atoms with van der Waals surface area (Å²) in [7, 11) is 0. The molecule has 0 bridgehead atoms. The lowest BCUT2D eigenvalue weighted by Crippen LogP contribution is -2.45. The molecule has 1 saturated heterocycles. The van der Waals surface area contributed by atoms with Crippen LogP contribution in [0.5, 0.6) is 0 Å². The maximum Gasteiger partial charge on any atom is 0.0576 e. The number of pyridine rings is 1. The smallest absolute Gasteiger partial charge is 0.0576 e. The predicted molar refractivity (Wildman–Crippen MR) is 78.6 cm³/mol. The molecule has 1 aliphatic rings. The first-order valence-electron chi connectivity index (χ1n) is 6.73. The second-order valence-electron chi connectivity index (χ2n) is 5.33. The van der Waals surface area contributed by atoms with Crippen LogP contribution in [0, 0.1) is 5.92 Å². The lowest BCUT2D eigenvalue weighted by molar-refractivity contribution is 0.151. The minimum atomic E-state index is 0.459. The molecule has 1 aromatic heterocycles. The van der Waals surface area contributed by atoms with Crippen molar-refractivity contribution < 1.29 is 0 Å². The summed E-state index contributed by atoms with van der Waals surface area (Å²) in [5.41, 5.74) is 1.20. The van der Waals surface area contributed by atoms with E-state index in [9.17, 15) is 0 Å². The van der Waals surface area contributed by atoms with Crippen molar-refractivity contribution in [1.29, 1.82) is 0 Å². The number of nitrogens with zero attached hydrogens (tertiary/aromatic N) is 2. The summed E-state index contributed by atoms with van der Waals surface area (Å²) in [6.07, 6.45) is 3.08. The lowest BCUT2D eigenvalue weighted by atomic mass is 9.98. The molecular formula is C14H22BrN3. The van der Waals surface area contributed by atoms with E-state index in [0.717, 1.165) is 30.7 Å². The van der Waals surface area contributed by atoms with Crippen LogP contribution in [0.3, 0.4) is 0 Å². The zero-order valence-electron chi connectivity index (χ0n) is 11.2. The molecule has 0 radical (unpaired) electrons. The first-order valence-corrected chi connectivity index (χ1v) is 7.52. The van der Waals surface area contributed by atoms with Crippen LogP contribution in [-0.2, 0) is 0 Å². The second-order valence-corrected chi connectivity index (χ2v) is 6.25. The molecule has 0 unspecified atom stereocenters. The van der Waals surface area contributed by atoms with Gasteiger partial charge in [0.25, 0.3) is 0 Å². The van der Waals surface area contributed by atoms with Crippen molar-refractivity contribution >= 4 is 15.9 Å². The van der Waals surface area contributed by atoms with Crippen molar-refractivity contribution in [3.8, 4) is 0 Å². The topological polar surface area (TPSA) is 28.2 Å². The summed E-state index contributed by atoms with van der Waals surface area (Å²) in [4.78, 5) is 7.16. The Bertz CT molecular complexity index is 358. The second kappa shape index (κ2) is 6.64. The summed E-state index contributed by atoms with van der Waals surface area (Å²) in [5, 5.41) is 3.41. The Labute approximate surface area is 118 Å². The van der Waals surface area contributed by atoms with E-state index in [0.29, 0.717) is 12.0 Å². The van der Waals surface area contributed by atoms with Gasteiger partial charge in [0.1, 0.15) is 0 Å². The Hall–Kier alpha value is -0.450. The van der Waals surface area contributed by atoms with Crippen LogP contribution in [0.2, 0.25) is 0 Å². The molecular weight excluding hydrogens is 290 g/mol. The normalized spacial score (nSPS) is 19.1. The van der Waals surface area contributed by atoms with Gasteiger partial charge in [-0.15, -0.1) is 0 Å². The van der Waals surface area contributed by atoms with Crippen LogP contribution in [0.1, 0.15) is 32.0 Å². The van der Waals surface area contributed by atoms with Crippen LogP contribution in [0.4, 0.5) is 0 Å². The van der Waals surface area contributed by atoms with Crippen LogP contribution in [0.15, 0.2) is 22.8 Å². The van der Waals surface area contributed by atoms with E-state index in [1.807, 2.05) is 6.20 Å². The van der Waals surface area contributed by atoms with E-state index < -0.39 is 0 Å². The van der Waals surface area contributed by atoms with Crippen LogP contribution in [-0.4, -0.2) is 36.1 Å². The Morgan fingerprint density at radius 2 is 2.06 bits per heavy atom. The van der Waals surface area contributed by atoms with E-state index in [1.165, 1.54) is 12.1 Å². The third-order valence-electron chi connectivity index (χ3n) is 3.38. The van der Waals surface area contributed by atoms with Gasteiger partial charge in [-0.05, 0) is 40.4 Å². The zero-order chi connectivity index (χ0) is 13.0. The number of hydrogen-bond acceptors (Lipinski definition) is 3. The number of aromatic nitrogens is 1. The van der Waals surface area contributed by atoms with Crippen molar-refractivity contribution in [3.05, 3.63) is 28.5 Å². The lowest BCUT2D eigenvalue weighted by Gasteiger charge is -2.35. The SMILES string of the molecule is CC(C)C[C@H](c1ccc(Br)cn1)N1CCNCC1. The molecule has 1 atom stereocenters. The fourth-order valence-electron chi connectivity index (χ4n) is 2.48. The van der Waals surface area contributed by atoms with Gasteiger partial charge >= 0.3 is 0 Å². The van der Waals surface area contributed by atoms with Crippen LogP contribution in [0.25, 0.3) is 0 Å². The summed E-state index contributed by atoms with van der Waals surface area (Å²) in [6.45, 7) is 8.99. The third kappa shape index (κ3) is 3.77. The zero-order valence-corrected chi connectivity index (χ0v) is 12.8. The highest BCUT2D eigenvalue weighted by Crippen LogP contribution is 2.27. The number of halogens is 1. The molecule has 1 aromatic rings. The van der Waals surface area contributed by atoms with Crippen molar-refractivity contribution in [1.82, 2.24) is 15.2 Å². The number of hydrogen-bond donors (Lipinski definition) is 1. The molecule has 1 N–H and O–H groups in total. The number of nitrogens with one attached hydrogen (secondary N) is 1. The third-order valence-corrected chi connectivity index (χ3v) is 3.85. The molecule has 100 valence electrons. The van der Waals surface area contributed by atoms with Crippen molar-refractivity contribution in [2.24, 2.45) is 5.92 Å². The van der Waals surface area contributed by atoms with Crippen molar-refractivity contribution in [3.63, 3.8) is 0 Å². The summed E-state index contributed by atoms with van der Waals surface area (Å²) in [6, 6.07) is 4.71. The fraction of sp³-hybridized carbons (Fsp3) is 0.643. The molecule has 1 aliphatic heterocycles. The summed E-state index contributed by atoms with van der Waals surface area (Å²) in [5.74, 6) is 0.690. The van der Waals surface area contributed by atoms with Crippen molar-refractivity contribution in [2.75, 3.05) is 26.2 Å². The monoisotopic (exact) mass is 311 g/mol. The first kappa shape index (κ1) is 14.0. The van der Waals surface area contributed by atoms with Gasteiger partial charge in [-0.3, -0.25) is 9.88 Å². The molecule has 2 heterocycles. The molecule has 1 fully saturated rings. The Morgan fingerprint density at radius 3 is 2.61 bits per heavy atom. The van der Waals surface area contributed by atoms with E-state index in [-0.39, 0.29) is 0 Å². The van der Waals surface area contributed by atoms with Gasteiger partial charge in [0.05, 0.1) is 11.7 Å². The maximum atomic E-state index is 4.60. The van der Waals surface area contributed by atoms with E-state index >= 15 is 0 Å². The Balaban J connectivity index is 2.15. The first-order chi connectivity index (χ1) is 8.66. The average molecular weight is 312 g/mol. The maximum absolute atomic E-state index is 4.60. The molecule has 0 saturated carbocycles. The van der Waals surface area contributed by atoms with Gasteiger partial charge in [-0.2, -0.15) is 0 Å². The number of piperazine rings is 1. The summed E-state index contributed by atoms with van der Waals surface area (Å²) < 4.78 is 1.05. The van der Waals surface area contributed by atoms with Gasteiger partial charge < -0.3 is 5.32 Å². The molecule has 3 nitrogen and oxygen atoms in total. The van der Waals surface area contributed by atoms with Gasteiger partial charge in [0, 0.05) is 36.8 Å². The molecule has 0 spiro atoms. The van der Waals surface area contributed by atoms with Gasteiger partial charge in [0.15, 0.2) is 0 Å². The van der Waals surface area contributed by atoms with Gasteiger partial charge in [-0.25, -0.2) is 0 Å². The standard InChI is InChI=1S/C14H22BrN3/c1-11(2)9-14(18-7-5-16-6-8-18)13-4-3-12(15)10-17-13/h3-4,10-11,14,16H,5-9H2,1-2H3/t14-/m1/s1. The summed E-state index contributed by atoms with van der Waals surface area (Å²) >= 11 is 3.46. The minimum Gasteiger partial charge on any atom is -0.314 e. The van der Waals surface area contributed by atoms with Gasteiger partial charge in [0.2, 0.25) is 0 Å². The molecule has 2 rings (SSSR count). The van der Waals surface area contributed by atoms with E-state index in [4.69, 9.17) is 0 Å². The number of rotatable bonds is 4. The molecule has 0 aromatic carbocycles. The van der Waals surface area contributed by atoms with Crippen LogP contribution < -0.4 is 5.32 Å². The molecule has 4 heteroatoms. The predicted octanol–water partition coefficient (Wildman–Crippen LogP) is 2.84. The highest BCUT2D eigenvalue weighted by molar-refractivity contribution is 9.10. The Morgan fingerprint density at radius 1 is 1.33 bits per heavy atom. The minimum absolute atomic E-state index is 0.459. The van der Waals surface area contributed by atoms with Crippen LogP contribution >= 0.6 is 15.9 Å². The largest absolute Gasteiger partial charge is 0.314 e. The average Bonchev–Trinajstić information content (AvgIpc) is 2.38. The molecule has 0 aliphatic carbocycles. The molecule has 0 amide bonds. The van der Waals surface area contributed by atoms with E-state index in [2.05, 4.69) is 57.1 Å². The van der Waals surface area contributed by atoms with E-state index in [1.54, 1.807) is 0 Å².